The molecule has 0 bridgehead atoms. The molecular weight excluding hydrogens is 302 g/mol. The minimum atomic E-state index is 0.178. The number of unbranched alkanes of at least 4 members (excludes halogenated alkanes) is 1. The van der Waals surface area contributed by atoms with Crippen LogP contribution in [-0.2, 0) is 11.3 Å². The molecule has 6 nitrogen and oxygen atoms in total. The smallest absolute Gasteiger partial charge is 0.191 e. The van der Waals surface area contributed by atoms with Crippen molar-refractivity contribution in [3.63, 3.8) is 0 Å². The highest BCUT2D eigenvalue weighted by Crippen LogP contribution is 2.52. The second-order valence-electron chi connectivity index (χ2n) is 7.56. The van der Waals surface area contributed by atoms with Gasteiger partial charge in [-0.25, -0.2) is 4.98 Å². The Kier molecular flexibility index (Phi) is 5.13. The summed E-state index contributed by atoms with van der Waals surface area (Å²) < 4.78 is 8.06. The van der Waals surface area contributed by atoms with Gasteiger partial charge in [-0.2, -0.15) is 0 Å². The van der Waals surface area contributed by atoms with Crippen LogP contribution < -0.4 is 10.6 Å². The van der Waals surface area contributed by atoms with Crippen molar-refractivity contribution in [2.75, 3.05) is 20.2 Å². The van der Waals surface area contributed by atoms with E-state index >= 15 is 0 Å². The van der Waals surface area contributed by atoms with Crippen LogP contribution in [0, 0.1) is 18.3 Å². The van der Waals surface area contributed by atoms with Crippen LogP contribution in [0.1, 0.15) is 38.9 Å². The summed E-state index contributed by atoms with van der Waals surface area (Å²) in [6.45, 7) is 9.48. The van der Waals surface area contributed by atoms with Crippen LogP contribution in [0.3, 0.4) is 0 Å². The summed E-state index contributed by atoms with van der Waals surface area (Å²) in [5.74, 6) is 2.63. The molecule has 2 heterocycles. The molecule has 3 unspecified atom stereocenters. The number of guanidine groups is 1. The first-order valence-electron chi connectivity index (χ1n) is 9.10. The van der Waals surface area contributed by atoms with Gasteiger partial charge in [0.2, 0.25) is 0 Å². The van der Waals surface area contributed by atoms with Crippen molar-refractivity contribution in [1.29, 1.82) is 0 Å². The topological polar surface area (TPSA) is 63.5 Å². The molecule has 1 aromatic heterocycles. The van der Waals surface area contributed by atoms with Crippen molar-refractivity contribution in [2.45, 2.75) is 58.7 Å². The fraction of sp³-hybridized carbons (Fsp3) is 0.778. The molecule has 6 heteroatoms. The summed E-state index contributed by atoms with van der Waals surface area (Å²) in [6.07, 6.45) is 7.72. The van der Waals surface area contributed by atoms with Gasteiger partial charge < -0.3 is 19.9 Å². The summed E-state index contributed by atoms with van der Waals surface area (Å²) >= 11 is 0. The van der Waals surface area contributed by atoms with Crippen molar-refractivity contribution >= 4 is 5.96 Å². The highest BCUT2D eigenvalue weighted by atomic mass is 16.5. The Labute approximate surface area is 145 Å². The Bertz CT molecular complexity index is 580. The summed E-state index contributed by atoms with van der Waals surface area (Å²) in [6, 6.07) is 0.449. The van der Waals surface area contributed by atoms with Crippen LogP contribution in [0.15, 0.2) is 17.4 Å². The maximum Gasteiger partial charge on any atom is 0.191 e. The van der Waals surface area contributed by atoms with Crippen molar-refractivity contribution in [1.82, 2.24) is 20.2 Å². The number of fused-ring (bicyclic) bond motifs is 1. The van der Waals surface area contributed by atoms with E-state index in [-0.39, 0.29) is 5.41 Å². The molecule has 1 aliphatic carbocycles. The minimum Gasteiger partial charge on any atom is -0.377 e. The molecule has 1 saturated carbocycles. The maximum atomic E-state index is 5.86. The van der Waals surface area contributed by atoms with Crippen molar-refractivity contribution in [3.05, 3.63) is 18.2 Å². The number of imidazole rings is 1. The number of aryl methyl sites for hydroxylation is 2. The summed E-state index contributed by atoms with van der Waals surface area (Å²) in [5, 5.41) is 7.08. The van der Waals surface area contributed by atoms with Crippen molar-refractivity contribution < 1.29 is 4.74 Å². The number of aliphatic imine (C=N–C) groups is 1. The minimum absolute atomic E-state index is 0.178. The van der Waals surface area contributed by atoms with E-state index in [2.05, 4.69) is 39.0 Å². The lowest BCUT2D eigenvalue weighted by molar-refractivity contribution is -0.106. The van der Waals surface area contributed by atoms with Gasteiger partial charge in [0, 0.05) is 56.5 Å². The molecule has 3 rings (SSSR count). The van der Waals surface area contributed by atoms with Gasteiger partial charge in [0.15, 0.2) is 5.96 Å². The maximum absolute atomic E-state index is 5.86. The second-order valence-corrected chi connectivity index (χ2v) is 7.56. The SMILES string of the molecule is CN=C(NCCCCn1ccnc1C)NC1C2CCOC2C1(C)C. The largest absolute Gasteiger partial charge is 0.377 e. The zero-order valence-corrected chi connectivity index (χ0v) is 15.4. The van der Waals surface area contributed by atoms with Gasteiger partial charge in [0.05, 0.1) is 6.10 Å². The van der Waals surface area contributed by atoms with E-state index in [9.17, 15) is 0 Å². The van der Waals surface area contributed by atoms with Crippen LogP contribution in [0.5, 0.6) is 0 Å². The number of rotatable bonds is 6. The third-order valence-electron chi connectivity index (χ3n) is 5.66. The number of hydrogen-bond acceptors (Lipinski definition) is 3. The zero-order valence-electron chi connectivity index (χ0n) is 15.4. The lowest BCUT2D eigenvalue weighted by Gasteiger charge is -2.54. The molecule has 2 aliphatic rings. The Balaban J connectivity index is 1.39. The molecule has 1 aromatic rings. The monoisotopic (exact) mass is 333 g/mol. The van der Waals surface area contributed by atoms with Crippen LogP contribution >= 0.6 is 0 Å². The van der Waals surface area contributed by atoms with Crippen LogP contribution in [0.4, 0.5) is 0 Å². The lowest BCUT2D eigenvalue weighted by atomic mass is 9.57. The summed E-state index contributed by atoms with van der Waals surface area (Å²) in [4.78, 5) is 8.64. The fourth-order valence-corrected chi connectivity index (χ4v) is 4.21. The Morgan fingerprint density at radius 3 is 3.00 bits per heavy atom. The third-order valence-corrected chi connectivity index (χ3v) is 5.66. The van der Waals surface area contributed by atoms with Crippen molar-refractivity contribution in [3.8, 4) is 0 Å². The quantitative estimate of drug-likeness (QED) is 0.474. The van der Waals surface area contributed by atoms with E-state index < -0.39 is 0 Å². The third kappa shape index (κ3) is 3.29. The first-order chi connectivity index (χ1) is 11.5. The molecule has 24 heavy (non-hydrogen) atoms. The number of aromatic nitrogens is 2. The average molecular weight is 333 g/mol. The first kappa shape index (κ1) is 17.3. The molecular formula is C18H31N5O. The Morgan fingerprint density at radius 1 is 1.46 bits per heavy atom. The Hall–Kier alpha value is -1.56. The molecule has 1 saturated heterocycles. The molecule has 3 atom stereocenters. The van der Waals surface area contributed by atoms with Crippen LogP contribution in [0.25, 0.3) is 0 Å². The second kappa shape index (κ2) is 7.13. The predicted molar refractivity (Wildman–Crippen MR) is 96.1 cm³/mol. The number of nitrogens with one attached hydrogen (secondary N) is 2. The lowest BCUT2D eigenvalue weighted by Crippen LogP contribution is -2.67. The van der Waals surface area contributed by atoms with Gasteiger partial charge in [0.25, 0.3) is 0 Å². The number of nitrogens with zero attached hydrogens (tertiary/aromatic N) is 3. The fourth-order valence-electron chi connectivity index (χ4n) is 4.21. The van der Waals surface area contributed by atoms with E-state index in [1.807, 2.05) is 26.4 Å². The van der Waals surface area contributed by atoms with Crippen LogP contribution in [-0.4, -0.2) is 47.9 Å². The van der Waals surface area contributed by atoms with E-state index in [0.29, 0.717) is 18.1 Å². The van der Waals surface area contributed by atoms with Gasteiger partial charge in [-0.1, -0.05) is 13.8 Å². The molecule has 2 fully saturated rings. The molecule has 1 aliphatic heterocycles. The van der Waals surface area contributed by atoms with E-state index in [0.717, 1.165) is 50.7 Å². The Morgan fingerprint density at radius 2 is 2.29 bits per heavy atom. The zero-order chi connectivity index (χ0) is 17.2. The molecule has 0 radical (unpaired) electrons. The van der Waals surface area contributed by atoms with Gasteiger partial charge in [-0.05, 0) is 26.2 Å². The molecule has 0 spiro atoms. The number of hydrogen-bond donors (Lipinski definition) is 2. The van der Waals surface area contributed by atoms with E-state index in [1.165, 1.54) is 0 Å². The van der Waals surface area contributed by atoms with Gasteiger partial charge >= 0.3 is 0 Å². The van der Waals surface area contributed by atoms with Crippen LogP contribution in [0.2, 0.25) is 0 Å². The molecule has 0 aromatic carbocycles. The van der Waals surface area contributed by atoms with Gasteiger partial charge in [0.1, 0.15) is 5.82 Å². The van der Waals surface area contributed by atoms with Crippen molar-refractivity contribution in [2.24, 2.45) is 16.3 Å². The standard InChI is InChI=1S/C18H31N5O/c1-13-20-9-11-23(13)10-6-5-8-21-17(19-4)22-15-14-7-12-24-16(14)18(15,2)3/h9,11,14-16H,5-8,10,12H2,1-4H3,(H2,19,21,22). The van der Waals surface area contributed by atoms with Gasteiger partial charge in [-0.15, -0.1) is 0 Å². The highest BCUT2D eigenvalue weighted by molar-refractivity contribution is 5.80. The predicted octanol–water partition coefficient (Wildman–Crippen LogP) is 1.95. The summed E-state index contributed by atoms with van der Waals surface area (Å²) in [7, 11) is 1.85. The molecule has 0 amide bonds. The highest BCUT2D eigenvalue weighted by Gasteiger charge is 2.59. The van der Waals surface area contributed by atoms with E-state index in [4.69, 9.17) is 4.74 Å². The van der Waals surface area contributed by atoms with Gasteiger partial charge in [-0.3, -0.25) is 4.99 Å². The summed E-state index contributed by atoms with van der Waals surface area (Å²) in [5.41, 5.74) is 0.178. The first-order valence-corrected chi connectivity index (χ1v) is 9.10. The molecule has 134 valence electrons. The number of ether oxygens (including phenoxy) is 1. The normalized spacial score (nSPS) is 28.3. The van der Waals surface area contributed by atoms with E-state index in [1.54, 1.807) is 0 Å². The average Bonchev–Trinajstić information content (AvgIpc) is 3.18. The molecule has 2 N–H and O–H groups in total.